The standard InChI is InChI=1S/C23H26N4O2/c1-27-15-14-24-22(27)23(29)25-13-12-20(16-18-8-4-2-5-9-18)26-17-21(28)19-10-6-3-7-11-19/h2-11,14-15,20,26H,12-13,16-17H2,1H3,(H,25,29)/t20-/m1/s1. The highest BCUT2D eigenvalue weighted by molar-refractivity contribution is 5.97. The molecule has 0 fully saturated rings. The second kappa shape index (κ2) is 10.3. The largest absolute Gasteiger partial charge is 0.349 e. The van der Waals surface area contributed by atoms with Crippen molar-refractivity contribution in [1.82, 2.24) is 20.2 Å². The van der Waals surface area contributed by atoms with Crippen LogP contribution in [0.2, 0.25) is 0 Å². The van der Waals surface area contributed by atoms with Gasteiger partial charge in [0.25, 0.3) is 5.91 Å². The van der Waals surface area contributed by atoms with Gasteiger partial charge in [0.2, 0.25) is 0 Å². The molecule has 150 valence electrons. The molecule has 0 spiro atoms. The Kier molecular flexibility index (Phi) is 7.30. The molecule has 0 unspecified atom stereocenters. The average Bonchev–Trinajstić information content (AvgIpc) is 3.19. The summed E-state index contributed by atoms with van der Waals surface area (Å²) in [5, 5.41) is 6.28. The zero-order valence-electron chi connectivity index (χ0n) is 16.5. The number of hydrogen-bond acceptors (Lipinski definition) is 4. The van der Waals surface area contributed by atoms with Crippen LogP contribution in [-0.2, 0) is 13.5 Å². The third kappa shape index (κ3) is 6.12. The number of aryl methyl sites for hydroxylation is 1. The average molecular weight is 390 g/mol. The fourth-order valence-corrected chi connectivity index (χ4v) is 3.16. The van der Waals surface area contributed by atoms with Crippen molar-refractivity contribution >= 4 is 11.7 Å². The van der Waals surface area contributed by atoms with Crippen LogP contribution in [0.5, 0.6) is 0 Å². The molecule has 0 saturated carbocycles. The molecule has 1 heterocycles. The van der Waals surface area contributed by atoms with Gasteiger partial charge < -0.3 is 15.2 Å². The topological polar surface area (TPSA) is 76.0 Å². The predicted molar refractivity (Wildman–Crippen MR) is 113 cm³/mol. The van der Waals surface area contributed by atoms with Crippen molar-refractivity contribution in [1.29, 1.82) is 0 Å². The Hall–Kier alpha value is -3.25. The monoisotopic (exact) mass is 390 g/mol. The Morgan fingerprint density at radius 3 is 2.38 bits per heavy atom. The van der Waals surface area contributed by atoms with Crippen molar-refractivity contribution in [3.05, 3.63) is 90.0 Å². The first-order valence-electron chi connectivity index (χ1n) is 9.74. The molecule has 1 atom stereocenters. The van der Waals surface area contributed by atoms with Crippen LogP contribution < -0.4 is 10.6 Å². The number of Topliss-reactive ketones (excluding diaryl/α,β-unsaturated/α-hetero) is 1. The molecule has 1 amide bonds. The molecule has 0 aliphatic carbocycles. The first-order valence-corrected chi connectivity index (χ1v) is 9.74. The van der Waals surface area contributed by atoms with Gasteiger partial charge in [-0.3, -0.25) is 9.59 Å². The van der Waals surface area contributed by atoms with E-state index in [4.69, 9.17) is 0 Å². The summed E-state index contributed by atoms with van der Waals surface area (Å²) in [6.45, 7) is 0.755. The summed E-state index contributed by atoms with van der Waals surface area (Å²) >= 11 is 0. The van der Waals surface area contributed by atoms with Crippen LogP contribution >= 0.6 is 0 Å². The molecule has 2 aromatic carbocycles. The Morgan fingerprint density at radius 1 is 1.03 bits per heavy atom. The highest BCUT2D eigenvalue weighted by Crippen LogP contribution is 2.07. The molecular weight excluding hydrogens is 364 g/mol. The number of benzene rings is 2. The van der Waals surface area contributed by atoms with E-state index in [0.717, 1.165) is 6.42 Å². The number of amides is 1. The molecule has 6 nitrogen and oxygen atoms in total. The lowest BCUT2D eigenvalue weighted by Crippen LogP contribution is -2.38. The van der Waals surface area contributed by atoms with Crippen molar-refractivity contribution in [3.63, 3.8) is 0 Å². The summed E-state index contributed by atoms with van der Waals surface area (Å²) in [4.78, 5) is 28.7. The molecule has 1 aromatic heterocycles. The molecule has 0 radical (unpaired) electrons. The maximum atomic E-state index is 12.4. The quantitative estimate of drug-likeness (QED) is 0.522. The number of imidazole rings is 1. The summed E-state index contributed by atoms with van der Waals surface area (Å²) in [5.41, 5.74) is 1.88. The van der Waals surface area contributed by atoms with Crippen LogP contribution in [0, 0.1) is 0 Å². The molecule has 0 aliphatic rings. The fraction of sp³-hybridized carbons (Fsp3) is 0.261. The number of aromatic nitrogens is 2. The van der Waals surface area contributed by atoms with Gasteiger partial charge in [-0.15, -0.1) is 0 Å². The minimum atomic E-state index is -0.198. The highest BCUT2D eigenvalue weighted by atomic mass is 16.2. The van der Waals surface area contributed by atoms with Crippen LogP contribution in [0.15, 0.2) is 73.1 Å². The molecule has 29 heavy (non-hydrogen) atoms. The third-order valence-electron chi connectivity index (χ3n) is 4.77. The predicted octanol–water partition coefficient (Wildman–Crippen LogP) is 2.62. The third-order valence-corrected chi connectivity index (χ3v) is 4.77. The molecule has 0 aliphatic heterocycles. The molecule has 6 heteroatoms. The lowest BCUT2D eigenvalue weighted by molar-refractivity contribution is 0.0934. The summed E-state index contributed by atoms with van der Waals surface area (Å²) in [6.07, 6.45) is 4.82. The number of hydrogen-bond donors (Lipinski definition) is 2. The van der Waals surface area contributed by atoms with Gasteiger partial charge in [0.15, 0.2) is 11.6 Å². The molecule has 0 saturated heterocycles. The molecule has 3 aromatic rings. The van der Waals surface area contributed by atoms with Crippen molar-refractivity contribution in [2.45, 2.75) is 18.9 Å². The van der Waals surface area contributed by atoms with Crippen LogP contribution in [0.3, 0.4) is 0 Å². The van der Waals surface area contributed by atoms with E-state index >= 15 is 0 Å². The van der Waals surface area contributed by atoms with Crippen molar-refractivity contribution in [2.24, 2.45) is 7.05 Å². The van der Waals surface area contributed by atoms with Gasteiger partial charge in [-0.2, -0.15) is 0 Å². The zero-order valence-corrected chi connectivity index (χ0v) is 16.5. The van der Waals surface area contributed by atoms with Gasteiger partial charge in [0.1, 0.15) is 0 Å². The van der Waals surface area contributed by atoms with Gasteiger partial charge in [0, 0.05) is 37.6 Å². The minimum absolute atomic E-state index is 0.0562. The number of ketones is 1. The van der Waals surface area contributed by atoms with E-state index in [1.165, 1.54) is 5.56 Å². The van der Waals surface area contributed by atoms with E-state index in [1.807, 2.05) is 48.5 Å². The Balaban J connectivity index is 1.56. The maximum Gasteiger partial charge on any atom is 0.287 e. The van der Waals surface area contributed by atoms with E-state index in [2.05, 4.69) is 27.8 Å². The fourth-order valence-electron chi connectivity index (χ4n) is 3.16. The second-order valence-electron chi connectivity index (χ2n) is 6.96. The highest BCUT2D eigenvalue weighted by Gasteiger charge is 2.15. The van der Waals surface area contributed by atoms with E-state index < -0.39 is 0 Å². The Morgan fingerprint density at radius 2 is 1.72 bits per heavy atom. The molecule has 3 rings (SSSR count). The number of rotatable bonds is 10. The van der Waals surface area contributed by atoms with Crippen molar-refractivity contribution in [3.8, 4) is 0 Å². The van der Waals surface area contributed by atoms with Crippen LogP contribution in [0.1, 0.15) is 33.0 Å². The normalized spacial score (nSPS) is 11.8. The van der Waals surface area contributed by atoms with Crippen molar-refractivity contribution in [2.75, 3.05) is 13.1 Å². The number of carbonyl (C=O) groups is 2. The van der Waals surface area contributed by atoms with Crippen LogP contribution in [0.25, 0.3) is 0 Å². The van der Waals surface area contributed by atoms with Crippen molar-refractivity contribution < 1.29 is 9.59 Å². The summed E-state index contributed by atoms with van der Waals surface area (Å²) in [7, 11) is 1.79. The van der Waals surface area contributed by atoms with Crippen LogP contribution in [0.4, 0.5) is 0 Å². The summed E-state index contributed by atoms with van der Waals surface area (Å²) in [6, 6.07) is 19.5. The second-order valence-corrected chi connectivity index (χ2v) is 6.96. The molecule has 0 bridgehead atoms. The van der Waals surface area contributed by atoms with Gasteiger partial charge >= 0.3 is 0 Å². The molecule has 2 N–H and O–H groups in total. The van der Waals surface area contributed by atoms with E-state index in [0.29, 0.717) is 24.4 Å². The summed E-state index contributed by atoms with van der Waals surface area (Å²) < 4.78 is 1.69. The van der Waals surface area contributed by atoms with Gasteiger partial charge in [-0.25, -0.2) is 4.98 Å². The minimum Gasteiger partial charge on any atom is -0.349 e. The van der Waals surface area contributed by atoms with Gasteiger partial charge in [-0.1, -0.05) is 60.7 Å². The lowest BCUT2D eigenvalue weighted by Gasteiger charge is -2.19. The first kappa shape index (κ1) is 20.5. The first-order chi connectivity index (χ1) is 14.1. The maximum absolute atomic E-state index is 12.4. The summed E-state index contributed by atoms with van der Waals surface area (Å²) in [5.74, 6) is 0.244. The van der Waals surface area contributed by atoms with Gasteiger partial charge in [-0.05, 0) is 18.4 Å². The van der Waals surface area contributed by atoms with E-state index in [-0.39, 0.29) is 24.3 Å². The van der Waals surface area contributed by atoms with E-state index in [1.54, 1.807) is 24.0 Å². The smallest absolute Gasteiger partial charge is 0.287 e. The van der Waals surface area contributed by atoms with E-state index in [9.17, 15) is 9.59 Å². The molecular formula is C23H26N4O2. The SMILES string of the molecule is Cn1ccnc1C(=O)NCC[C@H](Cc1ccccc1)NCC(=O)c1ccccc1. The van der Waals surface area contributed by atoms with Crippen LogP contribution in [-0.4, -0.2) is 40.4 Å². The Labute approximate surface area is 171 Å². The number of nitrogens with zero attached hydrogens (tertiary/aromatic N) is 2. The Bertz CT molecular complexity index is 922. The lowest BCUT2D eigenvalue weighted by atomic mass is 10.0. The zero-order chi connectivity index (χ0) is 20.5. The number of nitrogens with one attached hydrogen (secondary N) is 2. The van der Waals surface area contributed by atoms with Gasteiger partial charge in [0.05, 0.1) is 6.54 Å². The number of carbonyl (C=O) groups excluding carboxylic acids is 2.